The van der Waals surface area contributed by atoms with E-state index in [-0.39, 0.29) is 11.8 Å². The molecule has 0 fully saturated rings. The molecular weight excluding hydrogens is 647 g/mol. The van der Waals surface area contributed by atoms with Crippen molar-refractivity contribution in [3.63, 3.8) is 0 Å². The van der Waals surface area contributed by atoms with Crippen LogP contribution in [0.4, 0.5) is 5.69 Å². The molecule has 1 N–H and O–H groups in total. The Hall–Kier alpha value is -5.74. The van der Waals surface area contributed by atoms with Crippen LogP contribution in [0.1, 0.15) is 84.1 Å². The molecule has 3 heteroatoms. The van der Waals surface area contributed by atoms with Crippen LogP contribution in [0.2, 0.25) is 0 Å². The van der Waals surface area contributed by atoms with Crippen LogP contribution in [-0.4, -0.2) is 13.2 Å². The molecule has 0 radical (unpaired) electrons. The molecule has 0 bridgehead atoms. The normalized spacial score (nSPS) is 11.7. The fourth-order valence-corrected chi connectivity index (χ4v) is 6.25. The summed E-state index contributed by atoms with van der Waals surface area (Å²) in [5, 5.41) is 3.74. The summed E-state index contributed by atoms with van der Waals surface area (Å²) in [6, 6.07) is 55.6. The smallest absolute Gasteiger partial charge is 0.183 e. The zero-order chi connectivity index (χ0) is 36.9. The highest BCUT2D eigenvalue weighted by Crippen LogP contribution is 2.30. The first-order valence-corrected chi connectivity index (χ1v) is 18.5. The zero-order valence-corrected chi connectivity index (χ0v) is 31.2. The van der Waals surface area contributed by atoms with Gasteiger partial charge in [0.25, 0.3) is 0 Å². The number of rotatable bonds is 15. The van der Waals surface area contributed by atoms with Gasteiger partial charge in [0.05, 0.1) is 5.54 Å². The van der Waals surface area contributed by atoms with Gasteiger partial charge in [0, 0.05) is 24.5 Å². The van der Waals surface area contributed by atoms with Gasteiger partial charge in [0.1, 0.15) is 0 Å². The van der Waals surface area contributed by atoms with E-state index in [9.17, 15) is 0 Å². The van der Waals surface area contributed by atoms with E-state index < -0.39 is 0 Å². The Morgan fingerprint density at radius 2 is 0.906 bits per heavy atom. The van der Waals surface area contributed by atoms with Crippen LogP contribution in [-0.2, 0) is 15.0 Å². The van der Waals surface area contributed by atoms with Gasteiger partial charge in [-0.05, 0) is 96.0 Å². The Labute approximate surface area is 316 Å². The molecule has 0 aromatic heterocycles. The predicted molar refractivity (Wildman–Crippen MR) is 226 cm³/mol. The lowest BCUT2D eigenvalue weighted by molar-refractivity contribution is -0.140. The third kappa shape index (κ3) is 10.4. The molecule has 3 nitrogen and oxygen atoms in total. The van der Waals surface area contributed by atoms with E-state index in [4.69, 9.17) is 9.47 Å². The van der Waals surface area contributed by atoms with Crippen LogP contribution in [0.15, 0.2) is 158 Å². The quantitative estimate of drug-likeness (QED) is 0.0857. The van der Waals surface area contributed by atoms with Gasteiger partial charge in [0.15, 0.2) is 6.29 Å². The highest BCUT2D eigenvalue weighted by Gasteiger charge is 2.20. The average molecular weight is 696 g/mol. The van der Waals surface area contributed by atoms with Crippen molar-refractivity contribution in [2.45, 2.75) is 39.5 Å². The summed E-state index contributed by atoms with van der Waals surface area (Å²) in [6.45, 7) is 9.64. The topological polar surface area (TPSA) is 30.5 Å². The van der Waals surface area contributed by atoms with E-state index in [1.54, 1.807) is 0 Å². The molecule has 53 heavy (non-hydrogen) atoms. The largest absolute Gasteiger partial charge is 0.376 e. The first kappa shape index (κ1) is 37.0. The molecule has 0 aliphatic rings. The summed E-state index contributed by atoms with van der Waals surface area (Å²) in [5.74, 6) is 0. The lowest BCUT2D eigenvalue weighted by Crippen LogP contribution is -2.27. The second kappa shape index (κ2) is 18.1. The minimum atomic E-state index is -0.316. The maximum atomic E-state index is 5.71. The molecule has 0 spiro atoms. The minimum absolute atomic E-state index is 0.253. The summed E-state index contributed by atoms with van der Waals surface area (Å²) in [6.07, 6.45) is 10.5. The summed E-state index contributed by atoms with van der Waals surface area (Å²) in [4.78, 5) is 0. The number of hydrogen-bond acceptors (Lipinski definition) is 3. The van der Waals surface area contributed by atoms with Crippen molar-refractivity contribution in [1.82, 2.24) is 0 Å². The Morgan fingerprint density at radius 3 is 1.34 bits per heavy atom. The molecule has 0 heterocycles. The maximum Gasteiger partial charge on any atom is 0.183 e. The lowest BCUT2D eigenvalue weighted by atomic mass is 9.91. The number of ether oxygens (including phenoxy) is 2. The van der Waals surface area contributed by atoms with Crippen LogP contribution in [0.3, 0.4) is 0 Å². The van der Waals surface area contributed by atoms with E-state index in [2.05, 4.69) is 207 Å². The third-order valence-electron chi connectivity index (χ3n) is 9.20. The van der Waals surface area contributed by atoms with Gasteiger partial charge in [-0.3, -0.25) is 0 Å². The van der Waals surface area contributed by atoms with Crippen molar-refractivity contribution >= 4 is 41.6 Å². The fraction of sp³-hybridized carbons (Fsp3) is 0.160. The van der Waals surface area contributed by atoms with Gasteiger partial charge in [-0.2, -0.15) is 0 Å². The van der Waals surface area contributed by atoms with Gasteiger partial charge in [-0.25, -0.2) is 0 Å². The molecule has 0 saturated carbocycles. The van der Waals surface area contributed by atoms with E-state index in [1.165, 1.54) is 27.8 Å². The highest BCUT2D eigenvalue weighted by molar-refractivity contribution is 5.91. The Bertz CT molecular complexity index is 2040. The van der Waals surface area contributed by atoms with E-state index in [0.717, 1.165) is 33.5 Å². The maximum absolute atomic E-state index is 5.71. The molecule has 6 aromatic rings. The lowest BCUT2D eigenvalue weighted by Gasteiger charge is -2.28. The molecule has 0 amide bonds. The number of hydrogen-bond donors (Lipinski definition) is 1. The molecule has 266 valence electrons. The SMILES string of the molecule is CCOC(OCC)c1ccc(/C=C/c2ccc(/C=C/c3ccc(NC(C)(C)c4ccc(C=C(c5ccccc5)c5ccccc5)cc4)cc3)cc2)cc1. The van der Waals surface area contributed by atoms with Crippen LogP contribution < -0.4 is 5.32 Å². The van der Waals surface area contributed by atoms with E-state index >= 15 is 0 Å². The van der Waals surface area contributed by atoms with E-state index in [0.29, 0.717) is 13.2 Å². The molecule has 0 aliphatic carbocycles. The molecule has 0 unspecified atom stereocenters. The Balaban J connectivity index is 1.05. The predicted octanol–water partition coefficient (Wildman–Crippen LogP) is 13.0. The zero-order valence-electron chi connectivity index (χ0n) is 31.2. The summed E-state index contributed by atoms with van der Waals surface area (Å²) >= 11 is 0. The third-order valence-corrected chi connectivity index (χ3v) is 9.20. The fourth-order valence-electron chi connectivity index (χ4n) is 6.25. The van der Waals surface area contributed by atoms with Crippen LogP contribution in [0, 0.1) is 0 Å². The molecule has 0 aliphatic heterocycles. The first-order valence-electron chi connectivity index (χ1n) is 18.5. The van der Waals surface area contributed by atoms with E-state index in [1.807, 2.05) is 13.8 Å². The Kier molecular flexibility index (Phi) is 12.7. The summed E-state index contributed by atoms with van der Waals surface area (Å²) in [7, 11) is 0. The Morgan fingerprint density at radius 1 is 0.509 bits per heavy atom. The highest BCUT2D eigenvalue weighted by atomic mass is 16.7. The van der Waals surface area contributed by atoms with Gasteiger partial charge < -0.3 is 14.8 Å². The van der Waals surface area contributed by atoms with Crippen LogP contribution >= 0.6 is 0 Å². The monoisotopic (exact) mass is 695 g/mol. The van der Waals surface area contributed by atoms with Crippen molar-refractivity contribution in [3.05, 3.63) is 208 Å². The number of anilines is 1. The minimum Gasteiger partial charge on any atom is -0.376 e. The van der Waals surface area contributed by atoms with Crippen molar-refractivity contribution in [1.29, 1.82) is 0 Å². The summed E-state index contributed by atoms with van der Waals surface area (Å²) in [5.41, 5.74) is 12.5. The van der Waals surface area contributed by atoms with Crippen molar-refractivity contribution in [2.75, 3.05) is 18.5 Å². The van der Waals surface area contributed by atoms with Crippen molar-refractivity contribution in [3.8, 4) is 0 Å². The molecule has 0 atom stereocenters. The average Bonchev–Trinajstić information content (AvgIpc) is 3.20. The standard InChI is InChI=1S/C50H49NO2/c1-5-52-49(53-6-2)45-31-25-40(26-32-45)23-21-38-17-19-39(20-18-38)22-24-41-29-35-47(36-30-41)51-50(3,4)46-33-27-42(28-34-46)37-48(43-13-9-7-10-14-43)44-15-11-8-12-16-44/h7-37,49,51H,5-6H2,1-4H3/b23-21+,24-22+. The van der Waals surface area contributed by atoms with Gasteiger partial charge >= 0.3 is 0 Å². The first-order chi connectivity index (χ1) is 25.9. The summed E-state index contributed by atoms with van der Waals surface area (Å²) < 4.78 is 11.4. The van der Waals surface area contributed by atoms with Crippen LogP contribution in [0.5, 0.6) is 0 Å². The number of nitrogens with one attached hydrogen (secondary N) is 1. The van der Waals surface area contributed by atoms with Crippen molar-refractivity contribution < 1.29 is 9.47 Å². The van der Waals surface area contributed by atoms with Gasteiger partial charge in [-0.1, -0.05) is 170 Å². The second-order valence-corrected chi connectivity index (χ2v) is 13.5. The molecular formula is C50H49NO2. The van der Waals surface area contributed by atoms with Crippen molar-refractivity contribution in [2.24, 2.45) is 0 Å². The van der Waals surface area contributed by atoms with Gasteiger partial charge in [-0.15, -0.1) is 0 Å². The van der Waals surface area contributed by atoms with Gasteiger partial charge in [0.2, 0.25) is 0 Å². The molecule has 0 saturated heterocycles. The number of benzene rings is 6. The second-order valence-electron chi connectivity index (χ2n) is 13.5. The molecule has 6 aromatic carbocycles. The molecule has 6 rings (SSSR count). The van der Waals surface area contributed by atoms with Crippen LogP contribution in [0.25, 0.3) is 36.0 Å².